The Morgan fingerprint density at radius 2 is 1.80 bits per heavy atom. The van der Waals surface area contributed by atoms with E-state index >= 15 is 0 Å². The molecule has 0 saturated carbocycles. The van der Waals surface area contributed by atoms with E-state index in [1.54, 1.807) is 0 Å². The van der Waals surface area contributed by atoms with E-state index in [1.165, 1.54) is 30.4 Å². The van der Waals surface area contributed by atoms with Gasteiger partial charge in [0.25, 0.3) is 0 Å². The van der Waals surface area contributed by atoms with Gasteiger partial charge in [-0.2, -0.15) is 0 Å². The first-order chi connectivity index (χ1) is 9.65. The third kappa shape index (κ3) is 4.44. The van der Waals surface area contributed by atoms with E-state index in [1.807, 2.05) is 12.1 Å². The number of aliphatic imine (C=N–C) groups is 1. The van der Waals surface area contributed by atoms with Gasteiger partial charge < -0.3 is 15.4 Å². The summed E-state index contributed by atoms with van der Waals surface area (Å²) in [5.41, 5.74) is 8.43. The Hall–Kier alpha value is -1.71. The van der Waals surface area contributed by atoms with Crippen molar-refractivity contribution in [3.8, 4) is 5.75 Å². The summed E-state index contributed by atoms with van der Waals surface area (Å²) in [6, 6.07) is 6.23. The summed E-state index contributed by atoms with van der Waals surface area (Å²) in [4.78, 5) is 6.57. The largest absolute Gasteiger partial charge is 0.492 e. The maximum absolute atomic E-state index is 6.00. The summed E-state index contributed by atoms with van der Waals surface area (Å²) in [6.45, 7) is 7.39. The molecule has 0 aromatic heterocycles. The van der Waals surface area contributed by atoms with Crippen LogP contribution in [0.1, 0.15) is 30.4 Å². The van der Waals surface area contributed by atoms with Crippen LogP contribution in [-0.4, -0.2) is 37.1 Å². The number of likely N-dealkylation sites (tertiary alicyclic amines) is 1. The molecule has 0 spiro atoms. The number of ether oxygens (including phenoxy) is 1. The molecule has 1 aromatic carbocycles. The molecular weight excluding hydrogens is 250 g/mol. The molecule has 110 valence electrons. The quantitative estimate of drug-likeness (QED) is 0.522. The Kier molecular flexibility index (Phi) is 5.27. The van der Waals surface area contributed by atoms with E-state index in [0.29, 0.717) is 19.1 Å². The van der Waals surface area contributed by atoms with Crippen LogP contribution in [0.5, 0.6) is 5.75 Å². The number of nitrogens with two attached hydrogens (primary N) is 1. The second kappa shape index (κ2) is 7.17. The van der Waals surface area contributed by atoms with Crippen LogP contribution in [0, 0.1) is 13.8 Å². The zero-order chi connectivity index (χ0) is 14.4. The molecule has 0 amide bonds. The van der Waals surface area contributed by atoms with Crippen LogP contribution in [0.2, 0.25) is 0 Å². The highest BCUT2D eigenvalue weighted by Gasteiger charge is 2.11. The normalized spacial score (nSPS) is 16.3. The molecule has 1 heterocycles. The monoisotopic (exact) mass is 275 g/mol. The Morgan fingerprint density at radius 3 is 2.45 bits per heavy atom. The maximum atomic E-state index is 6.00. The van der Waals surface area contributed by atoms with Gasteiger partial charge in [0.2, 0.25) is 0 Å². The molecular formula is C16H25N3O. The van der Waals surface area contributed by atoms with Gasteiger partial charge in [0.05, 0.1) is 6.54 Å². The standard InChI is InChI=1S/C16H25N3O/c1-13-10-14(2)12-15(11-13)20-9-6-18-16(17)19-7-4-3-5-8-19/h10-12H,3-9H2,1-2H3,(H2,17,18). The van der Waals surface area contributed by atoms with Gasteiger partial charge in [-0.05, 0) is 56.4 Å². The van der Waals surface area contributed by atoms with Crippen LogP contribution in [-0.2, 0) is 0 Å². The van der Waals surface area contributed by atoms with Crippen molar-refractivity contribution >= 4 is 5.96 Å². The molecule has 1 saturated heterocycles. The van der Waals surface area contributed by atoms with E-state index < -0.39 is 0 Å². The molecule has 2 rings (SSSR count). The molecule has 0 aliphatic carbocycles. The zero-order valence-electron chi connectivity index (χ0n) is 12.6. The predicted molar refractivity (Wildman–Crippen MR) is 83.3 cm³/mol. The van der Waals surface area contributed by atoms with E-state index in [0.717, 1.165) is 18.8 Å². The van der Waals surface area contributed by atoms with Crippen molar-refractivity contribution < 1.29 is 4.74 Å². The number of hydrogen-bond acceptors (Lipinski definition) is 2. The highest BCUT2D eigenvalue weighted by atomic mass is 16.5. The van der Waals surface area contributed by atoms with Crippen LogP contribution >= 0.6 is 0 Å². The Labute approximate surface area is 121 Å². The molecule has 0 unspecified atom stereocenters. The highest BCUT2D eigenvalue weighted by molar-refractivity contribution is 5.78. The van der Waals surface area contributed by atoms with Crippen molar-refractivity contribution in [3.63, 3.8) is 0 Å². The fraction of sp³-hybridized carbons (Fsp3) is 0.562. The lowest BCUT2D eigenvalue weighted by molar-refractivity contribution is 0.320. The van der Waals surface area contributed by atoms with Gasteiger partial charge in [-0.1, -0.05) is 6.07 Å². The number of benzene rings is 1. The van der Waals surface area contributed by atoms with Crippen LogP contribution in [0.3, 0.4) is 0 Å². The van der Waals surface area contributed by atoms with E-state index in [2.05, 4.69) is 29.8 Å². The minimum Gasteiger partial charge on any atom is -0.492 e. The molecule has 1 aliphatic heterocycles. The predicted octanol–water partition coefficient (Wildman–Crippen LogP) is 2.48. The SMILES string of the molecule is Cc1cc(C)cc(OCCN=C(N)N2CCCCC2)c1. The lowest BCUT2D eigenvalue weighted by atomic mass is 10.1. The Balaban J connectivity index is 1.77. The smallest absolute Gasteiger partial charge is 0.191 e. The van der Waals surface area contributed by atoms with Gasteiger partial charge in [0, 0.05) is 13.1 Å². The summed E-state index contributed by atoms with van der Waals surface area (Å²) < 4.78 is 5.72. The average Bonchev–Trinajstić information content (AvgIpc) is 2.43. The molecule has 4 nitrogen and oxygen atoms in total. The summed E-state index contributed by atoms with van der Waals surface area (Å²) in [7, 11) is 0. The number of hydrogen-bond donors (Lipinski definition) is 1. The topological polar surface area (TPSA) is 50.9 Å². The second-order valence-electron chi connectivity index (χ2n) is 5.46. The van der Waals surface area contributed by atoms with E-state index in [4.69, 9.17) is 10.5 Å². The number of rotatable bonds is 4. The fourth-order valence-corrected chi connectivity index (χ4v) is 2.56. The van der Waals surface area contributed by atoms with Crippen molar-refractivity contribution in [2.45, 2.75) is 33.1 Å². The lowest BCUT2D eigenvalue weighted by Crippen LogP contribution is -2.41. The second-order valence-corrected chi connectivity index (χ2v) is 5.46. The first kappa shape index (κ1) is 14.7. The zero-order valence-corrected chi connectivity index (χ0v) is 12.6. The number of piperidine rings is 1. The Morgan fingerprint density at radius 1 is 1.15 bits per heavy atom. The van der Waals surface area contributed by atoms with Crippen molar-refractivity contribution in [2.24, 2.45) is 10.7 Å². The van der Waals surface area contributed by atoms with Crippen molar-refractivity contribution in [3.05, 3.63) is 29.3 Å². The van der Waals surface area contributed by atoms with Crippen LogP contribution in [0.15, 0.2) is 23.2 Å². The van der Waals surface area contributed by atoms with Gasteiger partial charge in [0.15, 0.2) is 5.96 Å². The molecule has 4 heteroatoms. The maximum Gasteiger partial charge on any atom is 0.191 e. The van der Waals surface area contributed by atoms with E-state index in [-0.39, 0.29) is 0 Å². The number of aryl methyl sites for hydroxylation is 2. The number of guanidine groups is 1. The van der Waals surface area contributed by atoms with Gasteiger partial charge >= 0.3 is 0 Å². The lowest BCUT2D eigenvalue weighted by Gasteiger charge is -2.27. The minimum atomic E-state index is 0.567. The molecule has 20 heavy (non-hydrogen) atoms. The molecule has 2 N–H and O–H groups in total. The summed E-state index contributed by atoms with van der Waals surface area (Å²) in [5, 5.41) is 0. The minimum absolute atomic E-state index is 0.567. The van der Waals surface area contributed by atoms with E-state index in [9.17, 15) is 0 Å². The molecule has 1 fully saturated rings. The van der Waals surface area contributed by atoms with Gasteiger partial charge in [0.1, 0.15) is 12.4 Å². The summed E-state index contributed by atoms with van der Waals surface area (Å²) in [5.74, 6) is 1.57. The average molecular weight is 275 g/mol. The van der Waals surface area contributed by atoms with Crippen LogP contribution in [0.25, 0.3) is 0 Å². The van der Waals surface area contributed by atoms with Crippen LogP contribution < -0.4 is 10.5 Å². The molecule has 0 radical (unpaired) electrons. The fourth-order valence-electron chi connectivity index (χ4n) is 2.56. The molecule has 0 atom stereocenters. The Bertz CT molecular complexity index is 445. The molecule has 1 aliphatic rings. The first-order valence-corrected chi connectivity index (χ1v) is 7.41. The van der Waals surface area contributed by atoms with Gasteiger partial charge in [-0.15, -0.1) is 0 Å². The number of nitrogens with zero attached hydrogens (tertiary/aromatic N) is 2. The van der Waals surface area contributed by atoms with Crippen molar-refractivity contribution in [1.29, 1.82) is 0 Å². The van der Waals surface area contributed by atoms with Gasteiger partial charge in [-0.3, -0.25) is 0 Å². The van der Waals surface area contributed by atoms with Crippen molar-refractivity contribution in [2.75, 3.05) is 26.2 Å². The van der Waals surface area contributed by atoms with Crippen LogP contribution in [0.4, 0.5) is 0 Å². The third-order valence-corrected chi connectivity index (χ3v) is 3.51. The molecule has 1 aromatic rings. The third-order valence-electron chi connectivity index (χ3n) is 3.51. The summed E-state index contributed by atoms with van der Waals surface area (Å²) in [6.07, 6.45) is 3.74. The van der Waals surface area contributed by atoms with Gasteiger partial charge in [-0.25, -0.2) is 4.99 Å². The highest BCUT2D eigenvalue weighted by Crippen LogP contribution is 2.16. The summed E-state index contributed by atoms with van der Waals surface area (Å²) >= 11 is 0. The molecule has 0 bridgehead atoms. The first-order valence-electron chi connectivity index (χ1n) is 7.41. The van der Waals surface area contributed by atoms with Crippen molar-refractivity contribution in [1.82, 2.24) is 4.90 Å².